The fourth-order valence-corrected chi connectivity index (χ4v) is 9.62. The number of hydrogen-bond acceptors (Lipinski definition) is 10. The highest BCUT2D eigenvalue weighted by atomic mass is 16.7. The highest BCUT2D eigenvalue weighted by Crippen LogP contribution is 2.62. The number of allylic oxidation sites excluding steroid dienone is 1. The Labute approximate surface area is 359 Å². The average Bonchev–Trinajstić information content (AvgIpc) is 3.76. The second kappa shape index (κ2) is 21.0. The van der Waals surface area contributed by atoms with Crippen LogP contribution in [0.25, 0.3) is 0 Å². The number of urea groups is 1. The van der Waals surface area contributed by atoms with Crippen LogP contribution < -0.4 is 24.3 Å². The monoisotopic (exact) mass is 835 g/mol. The maximum atomic E-state index is 14.8. The number of fused-ring (bicyclic) bond motifs is 3. The molecule has 0 radical (unpaired) electrons. The third-order valence-electron chi connectivity index (χ3n) is 12.2. The maximum Gasteiger partial charge on any atom is 0.318 e. The van der Waals surface area contributed by atoms with Gasteiger partial charge in [0.15, 0.2) is 11.5 Å². The molecule has 61 heavy (non-hydrogen) atoms. The molecule has 12 nitrogen and oxygen atoms in total. The molecular weight excluding hydrogens is 775 g/mol. The lowest BCUT2D eigenvalue weighted by Crippen LogP contribution is -2.70. The summed E-state index contributed by atoms with van der Waals surface area (Å²) in [5.41, 5.74) is 4.58. The predicted octanol–water partition coefficient (Wildman–Crippen LogP) is 8.44. The van der Waals surface area contributed by atoms with Crippen molar-refractivity contribution in [2.75, 3.05) is 39.8 Å². The summed E-state index contributed by atoms with van der Waals surface area (Å²) in [5.74, 6) is 0.934. The molecule has 2 amide bonds. The van der Waals surface area contributed by atoms with Crippen molar-refractivity contribution in [3.05, 3.63) is 120 Å². The minimum atomic E-state index is -1.36. The van der Waals surface area contributed by atoms with Crippen LogP contribution in [0.3, 0.4) is 0 Å². The molecule has 2 heterocycles. The number of rotatable bonds is 22. The van der Waals surface area contributed by atoms with Crippen molar-refractivity contribution in [1.82, 2.24) is 10.2 Å². The molecule has 1 fully saturated rings. The normalized spacial score (nSPS) is 23.8. The van der Waals surface area contributed by atoms with Gasteiger partial charge >= 0.3 is 6.03 Å². The number of hydrogen-bond donors (Lipinski definition) is 3. The van der Waals surface area contributed by atoms with Gasteiger partial charge in [0, 0.05) is 44.2 Å². The second-order valence-electron chi connectivity index (χ2n) is 16.2. The molecule has 6 unspecified atom stereocenters. The molecule has 1 saturated carbocycles. The van der Waals surface area contributed by atoms with E-state index in [9.17, 15) is 15.0 Å². The summed E-state index contributed by atoms with van der Waals surface area (Å²) in [4.78, 5) is 22.9. The summed E-state index contributed by atoms with van der Waals surface area (Å²) in [5, 5.41) is 28.0. The molecule has 0 aromatic heterocycles. The Balaban J connectivity index is 1.38. The van der Waals surface area contributed by atoms with Crippen LogP contribution >= 0.6 is 0 Å². The van der Waals surface area contributed by atoms with Gasteiger partial charge in [0.1, 0.15) is 30.8 Å². The highest BCUT2D eigenvalue weighted by molar-refractivity contribution is 6.03. The number of aliphatic hydroxyl groups is 2. The van der Waals surface area contributed by atoms with E-state index in [1.54, 1.807) is 12.2 Å². The molecule has 2 aliphatic carbocycles. The van der Waals surface area contributed by atoms with E-state index in [2.05, 4.69) is 37.5 Å². The molecule has 0 bridgehead atoms. The number of ether oxygens (including phenoxy) is 5. The Morgan fingerprint density at radius 3 is 2.48 bits per heavy atom. The van der Waals surface area contributed by atoms with Gasteiger partial charge in [-0.3, -0.25) is 0 Å². The Kier molecular flexibility index (Phi) is 15.1. The Bertz CT molecular complexity index is 2020. The summed E-state index contributed by atoms with van der Waals surface area (Å²) >= 11 is 0. The van der Waals surface area contributed by atoms with Gasteiger partial charge in [-0.2, -0.15) is 0 Å². The van der Waals surface area contributed by atoms with E-state index in [1.807, 2.05) is 65.6 Å². The number of amides is 2. The van der Waals surface area contributed by atoms with E-state index in [0.29, 0.717) is 61.8 Å². The van der Waals surface area contributed by atoms with Gasteiger partial charge in [-0.1, -0.05) is 86.1 Å². The molecule has 6 atom stereocenters. The highest BCUT2D eigenvalue weighted by Gasteiger charge is 2.65. The first kappa shape index (κ1) is 43.8. The number of unbranched alkanes of at least 4 members (excludes halogenated alkanes) is 2. The van der Waals surface area contributed by atoms with Crippen molar-refractivity contribution in [3.63, 3.8) is 0 Å². The van der Waals surface area contributed by atoms with E-state index < -0.39 is 17.7 Å². The van der Waals surface area contributed by atoms with E-state index in [4.69, 9.17) is 33.7 Å². The summed E-state index contributed by atoms with van der Waals surface area (Å²) < 4.78 is 31.7. The van der Waals surface area contributed by atoms with Crippen LogP contribution in [-0.4, -0.2) is 78.4 Å². The van der Waals surface area contributed by atoms with Gasteiger partial charge in [0.2, 0.25) is 12.6 Å². The van der Waals surface area contributed by atoms with Gasteiger partial charge in [0.25, 0.3) is 0 Å². The molecule has 326 valence electrons. The first-order valence-corrected chi connectivity index (χ1v) is 21.9. The van der Waals surface area contributed by atoms with Crippen molar-refractivity contribution in [2.45, 2.75) is 89.2 Å². The summed E-state index contributed by atoms with van der Waals surface area (Å²) in [6, 6.07) is 20.7. The lowest BCUT2D eigenvalue weighted by atomic mass is 9.55. The molecular formula is C49H61N3O9. The summed E-state index contributed by atoms with van der Waals surface area (Å²) in [7, 11) is 0. The number of benzene rings is 3. The van der Waals surface area contributed by atoms with Crippen molar-refractivity contribution in [2.24, 2.45) is 22.9 Å². The largest absolute Gasteiger partial charge is 0.490 e. The summed E-state index contributed by atoms with van der Waals surface area (Å²) in [6.07, 6.45) is 11.5. The molecule has 3 aromatic carbocycles. The van der Waals surface area contributed by atoms with Crippen LogP contribution in [0.15, 0.2) is 109 Å². The van der Waals surface area contributed by atoms with Crippen LogP contribution in [0.2, 0.25) is 0 Å². The van der Waals surface area contributed by atoms with Crippen molar-refractivity contribution >= 4 is 11.7 Å². The van der Waals surface area contributed by atoms with E-state index in [0.717, 1.165) is 53.7 Å². The Hall–Kier alpha value is -5.30. The third kappa shape index (κ3) is 9.77. The zero-order valence-electron chi connectivity index (χ0n) is 35.3. The minimum absolute atomic E-state index is 0.0905. The first-order valence-electron chi connectivity index (χ1n) is 21.9. The molecule has 0 spiro atoms. The van der Waals surface area contributed by atoms with Crippen molar-refractivity contribution in [1.29, 1.82) is 0 Å². The number of oxime groups is 1. The van der Waals surface area contributed by atoms with Crippen LogP contribution in [0, 0.1) is 17.8 Å². The lowest BCUT2D eigenvalue weighted by Gasteiger charge is -2.60. The quantitative estimate of drug-likeness (QED) is 0.0517. The van der Waals surface area contributed by atoms with E-state index in [1.165, 1.54) is 0 Å². The number of aliphatic hydroxyl groups excluding tert-OH is 2. The van der Waals surface area contributed by atoms with Gasteiger partial charge in [-0.05, 0) is 91.0 Å². The zero-order valence-corrected chi connectivity index (χ0v) is 35.3. The van der Waals surface area contributed by atoms with E-state index >= 15 is 0 Å². The van der Waals surface area contributed by atoms with Crippen LogP contribution in [-0.2, 0) is 22.7 Å². The van der Waals surface area contributed by atoms with Crippen LogP contribution in [0.4, 0.5) is 4.79 Å². The number of nitrogens with one attached hydrogen (secondary N) is 1. The fraction of sp³-hybridized carbons (Fsp3) is 0.469. The molecule has 3 aromatic rings. The lowest BCUT2D eigenvalue weighted by molar-refractivity contribution is -0.254. The zero-order chi connectivity index (χ0) is 42.6. The van der Waals surface area contributed by atoms with Gasteiger partial charge in [0.05, 0.1) is 18.2 Å². The van der Waals surface area contributed by atoms with Gasteiger partial charge < -0.3 is 49.0 Å². The number of carbonyl (C=O) groups excluding carboxylic acids is 1. The minimum Gasteiger partial charge on any atom is -0.490 e. The van der Waals surface area contributed by atoms with Crippen molar-refractivity contribution < 1.29 is 43.5 Å². The topological polar surface area (TPSA) is 141 Å². The molecule has 7 rings (SSSR count). The van der Waals surface area contributed by atoms with Crippen LogP contribution in [0.5, 0.6) is 23.0 Å². The first-order chi connectivity index (χ1) is 29.9. The molecule has 2 aliphatic heterocycles. The Morgan fingerprint density at radius 2 is 1.70 bits per heavy atom. The fourth-order valence-electron chi connectivity index (χ4n) is 9.62. The SMILES string of the molecule is C=CCOc1ccc2c(c1)C1C(CCCCO)C(CCCCO)C=C3C(=NOCc4ccccc4)CC(N(CCC)C(=O)NCc4ccc5c(c4)OCO5)C(OCC=C)(O2)C31. The smallest absolute Gasteiger partial charge is 0.318 e. The Morgan fingerprint density at radius 1 is 0.934 bits per heavy atom. The van der Waals surface area contributed by atoms with Gasteiger partial charge in [-0.25, -0.2) is 4.79 Å². The second-order valence-corrected chi connectivity index (χ2v) is 16.2. The average molecular weight is 836 g/mol. The molecule has 4 aliphatic rings. The van der Waals surface area contributed by atoms with Gasteiger partial charge in [-0.15, -0.1) is 6.58 Å². The maximum absolute atomic E-state index is 14.8. The van der Waals surface area contributed by atoms with Crippen LogP contribution in [0.1, 0.15) is 80.9 Å². The molecule has 0 saturated heterocycles. The van der Waals surface area contributed by atoms with E-state index in [-0.39, 0.29) is 63.6 Å². The standard InChI is InChI=1S/C49H61N3O9/c1-4-22-52(48(55)50-31-35-18-20-43-44(27-35)58-33-57-43)45-30-41(51-60-32-34-14-8-7-9-15-34)39-28-36(16-10-12-23-53)38(17-11-13-24-54)46-40-29-37(56-25-5-2)19-21-42(40)61-49(45,47(39)46)59-26-6-3/h5-9,14-15,18-21,27-29,36,38,45-47,53-54H,2-4,10-13,16-17,22-26,30-33H2,1H3,(H,50,55). The molecule has 12 heteroatoms. The summed E-state index contributed by atoms with van der Waals surface area (Å²) in [6.45, 7) is 11.8. The third-order valence-corrected chi connectivity index (χ3v) is 12.2. The number of carbonyl (C=O) groups is 1. The molecule has 3 N–H and O–H groups in total. The van der Waals surface area contributed by atoms with Crippen molar-refractivity contribution in [3.8, 4) is 23.0 Å². The number of nitrogens with zero attached hydrogens (tertiary/aromatic N) is 2. The predicted molar refractivity (Wildman–Crippen MR) is 234 cm³/mol.